The van der Waals surface area contributed by atoms with Crippen LogP contribution in [0.25, 0.3) is 134 Å². The molecule has 0 saturated carbocycles. The topological polar surface area (TPSA) is 150 Å². The first-order valence-electron chi connectivity index (χ1n) is 42.3. The molecular weight excluding hydrogens is 1640 g/mol. The van der Waals surface area contributed by atoms with Gasteiger partial charge in [0.15, 0.2) is 0 Å². The summed E-state index contributed by atoms with van der Waals surface area (Å²) in [6, 6.07) is 156. The smallest absolute Gasteiger partial charge is 0.233 e. The van der Waals surface area contributed by atoms with Crippen LogP contribution in [0.15, 0.2) is 455 Å². The van der Waals surface area contributed by atoms with Gasteiger partial charge >= 0.3 is 0 Å². The van der Waals surface area contributed by atoms with Gasteiger partial charge in [-0.05, 0) is 243 Å². The molecule has 0 bridgehead atoms. The summed E-state index contributed by atoms with van der Waals surface area (Å²) in [5.74, 6) is 2.31. The van der Waals surface area contributed by atoms with Gasteiger partial charge in [0, 0.05) is 52.0 Å². The maximum Gasteiger partial charge on any atom is 0.233 e. The van der Waals surface area contributed by atoms with E-state index in [1.165, 1.54) is 66.8 Å². The van der Waals surface area contributed by atoms with Crippen LogP contribution in [0.3, 0.4) is 0 Å². The average molecular weight is 1730 g/mol. The normalized spacial score (nSPS) is 10.9. The van der Waals surface area contributed by atoms with Gasteiger partial charge in [0.2, 0.25) is 35.7 Å². The van der Waals surface area contributed by atoms with E-state index in [9.17, 15) is 0 Å². The van der Waals surface area contributed by atoms with Gasteiger partial charge in [-0.3, -0.25) is 0 Å². The zero-order valence-electron chi connectivity index (χ0n) is 69.6. The number of hydrogen-bond donors (Lipinski definition) is 6. The third-order valence-electron chi connectivity index (χ3n) is 22.3. The van der Waals surface area contributed by atoms with Gasteiger partial charge in [-0.1, -0.05) is 381 Å². The minimum atomic E-state index is 0. The highest BCUT2D eigenvalue weighted by Crippen LogP contribution is 2.37. The summed E-state index contributed by atoms with van der Waals surface area (Å²) in [6.45, 7) is 0. The average Bonchev–Trinajstić information content (AvgIpc) is 0.790. The number of aromatic nitrogens is 6. The maximum atomic E-state index is 6.07. The highest BCUT2D eigenvalue weighted by Gasteiger charge is 2.16. The lowest BCUT2D eigenvalue weighted by Gasteiger charge is -2.13. The van der Waals surface area contributed by atoms with Gasteiger partial charge < -0.3 is 31.9 Å². The standard InChI is InChI=1S/C75H54N6.C39H27Cl3N6.2H2/c1-4-10-52(11-5-1)55-16-22-58(23-17-55)61-28-34-64(35-29-61)67-40-46-70(47-41-67)76-73-79-74(77-71-48-42-68(43-49-71)65-36-30-62(31-37-65)59-24-18-56(19-25-59)53-12-6-2-7-13-53)81-75(80-73)78-72-50-44-69(45-51-72)66-38-32-63(33-39-66)60-26-20-57(21-27-60)54-14-8-3-9-15-54;40-31-13-1-25(2-14-31)28-7-19-34(20-8-28)43-37-46-38(44-35-21-9-29(10-22-35)26-3-15-32(41)16-4-26)48-39(47-37)45-36-23-11-30(12-24-36)27-5-17-33(42)18-6-27;;/h1-51H,(H3,76,77,78,79,80,81);1-24H,(H3,43,44,45,46,47,48);2*1H. The molecule has 2 aromatic heterocycles. The van der Waals surface area contributed by atoms with Crippen molar-refractivity contribution in [1.82, 2.24) is 29.9 Å². The molecule has 0 aliphatic carbocycles. The second-order valence-electron chi connectivity index (χ2n) is 30.9. The first-order valence-corrected chi connectivity index (χ1v) is 43.4. The summed E-state index contributed by atoms with van der Waals surface area (Å²) < 4.78 is 0. The Kier molecular flexibility index (Phi) is 24.8. The Morgan fingerprint density at radius 2 is 0.209 bits per heavy atom. The number of hydrogen-bond acceptors (Lipinski definition) is 12. The Balaban J connectivity index is 0.000000205. The van der Waals surface area contributed by atoms with Gasteiger partial charge in [0.25, 0.3) is 0 Å². The largest absolute Gasteiger partial charge is 0.324 e. The van der Waals surface area contributed by atoms with Gasteiger partial charge in [0.05, 0.1) is 0 Å². The second-order valence-corrected chi connectivity index (χ2v) is 32.2. The van der Waals surface area contributed by atoms with Crippen molar-refractivity contribution in [3.8, 4) is 134 Å². The molecule has 2 heterocycles. The van der Waals surface area contributed by atoms with Crippen molar-refractivity contribution in [2.24, 2.45) is 0 Å². The summed E-state index contributed by atoms with van der Waals surface area (Å²) in [5.41, 5.74) is 32.5. The zero-order valence-corrected chi connectivity index (χ0v) is 71.9. The molecule has 0 aliphatic rings. The lowest BCUT2D eigenvalue weighted by molar-refractivity contribution is 1.06. The molecule has 129 heavy (non-hydrogen) atoms. The van der Waals surface area contributed by atoms with Crippen molar-refractivity contribution in [1.29, 1.82) is 0 Å². The number of halogens is 3. The molecule has 15 heteroatoms. The third-order valence-corrected chi connectivity index (χ3v) is 23.0. The molecule has 6 N–H and O–H groups in total. The molecule has 0 aliphatic heterocycles. The number of nitrogens with one attached hydrogen (secondary N) is 6. The fourth-order valence-corrected chi connectivity index (χ4v) is 15.7. The first-order chi connectivity index (χ1) is 63.5. The van der Waals surface area contributed by atoms with Crippen molar-refractivity contribution in [2.45, 2.75) is 0 Å². The van der Waals surface area contributed by atoms with Crippen molar-refractivity contribution in [2.75, 3.05) is 31.9 Å². The second kappa shape index (κ2) is 38.8. The van der Waals surface area contributed by atoms with Gasteiger partial charge in [0.1, 0.15) is 0 Å². The van der Waals surface area contributed by atoms with Crippen LogP contribution in [-0.4, -0.2) is 29.9 Å². The summed E-state index contributed by atoms with van der Waals surface area (Å²) >= 11 is 18.2. The van der Waals surface area contributed by atoms with Crippen LogP contribution in [0.4, 0.5) is 69.8 Å². The van der Waals surface area contributed by atoms with Crippen LogP contribution < -0.4 is 31.9 Å². The molecule has 0 saturated heterocycles. The molecular formula is C114H85Cl3N12. The van der Waals surface area contributed by atoms with E-state index < -0.39 is 0 Å². The molecule has 20 aromatic rings. The Labute approximate surface area is 767 Å². The molecule has 0 radical (unpaired) electrons. The summed E-state index contributed by atoms with van der Waals surface area (Å²) in [6.07, 6.45) is 0. The third kappa shape index (κ3) is 20.9. The van der Waals surface area contributed by atoms with E-state index in [0.717, 1.165) is 101 Å². The van der Waals surface area contributed by atoms with Crippen LogP contribution in [-0.2, 0) is 0 Å². The van der Waals surface area contributed by atoms with E-state index in [2.05, 4.69) is 338 Å². The molecule has 12 nitrogen and oxygen atoms in total. The Morgan fingerprint density at radius 3 is 0.326 bits per heavy atom. The Bertz CT molecular complexity index is 6440. The van der Waals surface area contributed by atoms with Crippen LogP contribution in [0, 0.1) is 0 Å². The fraction of sp³-hybridized carbons (Fsp3) is 0. The molecule has 18 aromatic carbocycles. The zero-order chi connectivity index (χ0) is 87.0. The summed E-state index contributed by atoms with van der Waals surface area (Å²) in [4.78, 5) is 28.6. The number of nitrogens with zero attached hydrogens (tertiary/aromatic N) is 6. The fourth-order valence-electron chi connectivity index (χ4n) is 15.3. The molecule has 20 rings (SSSR count). The van der Waals surface area contributed by atoms with Crippen molar-refractivity contribution in [3.05, 3.63) is 470 Å². The van der Waals surface area contributed by atoms with Gasteiger partial charge in [-0.25, -0.2) is 0 Å². The van der Waals surface area contributed by atoms with Crippen LogP contribution in [0.1, 0.15) is 2.85 Å². The minimum Gasteiger partial charge on any atom is -0.324 e. The monoisotopic (exact) mass is 1730 g/mol. The first kappa shape index (κ1) is 82.3. The van der Waals surface area contributed by atoms with Crippen LogP contribution >= 0.6 is 34.8 Å². The Morgan fingerprint density at radius 1 is 0.116 bits per heavy atom. The van der Waals surface area contributed by atoms with Crippen molar-refractivity contribution in [3.63, 3.8) is 0 Å². The summed E-state index contributed by atoms with van der Waals surface area (Å²) in [5, 5.41) is 22.5. The predicted octanol–water partition coefficient (Wildman–Crippen LogP) is 32.7. The highest BCUT2D eigenvalue weighted by molar-refractivity contribution is 6.31. The highest BCUT2D eigenvalue weighted by atomic mass is 35.5. The maximum absolute atomic E-state index is 6.07. The Hall–Kier alpha value is -16.4. The van der Waals surface area contributed by atoms with Gasteiger partial charge in [-0.15, -0.1) is 0 Å². The van der Waals surface area contributed by atoms with E-state index in [1.807, 2.05) is 164 Å². The van der Waals surface area contributed by atoms with Gasteiger partial charge in [-0.2, -0.15) is 29.9 Å². The quantitative estimate of drug-likeness (QED) is 0.0342. The van der Waals surface area contributed by atoms with E-state index in [1.54, 1.807) is 0 Å². The number of benzene rings is 18. The minimum absolute atomic E-state index is 0. The molecule has 0 unspecified atom stereocenters. The molecule has 0 fully saturated rings. The summed E-state index contributed by atoms with van der Waals surface area (Å²) in [7, 11) is 0. The molecule has 0 atom stereocenters. The SMILES string of the molecule is Clc1ccc(-c2ccc(Nc3nc(Nc4ccc(-c5ccc(Cl)cc5)cc4)nc(Nc4ccc(-c5ccc(Cl)cc5)cc4)n3)cc2)cc1.[HH].[HH].c1ccc(-c2ccc(-c3ccc(-c4ccc(Nc5nc(Nc6ccc(-c7ccc(-c8ccc(-c9ccccc9)cc8)cc7)cc6)nc(Nc6ccc(-c7ccc(-c8ccc(-c9ccccc9)cc8)cc7)cc6)n5)cc4)cc3)cc2)cc1. The molecule has 0 amide bonds. The van der Waals surface area contributed by atoms with Crippen LogP contribution in [0.2, 0.25) is 15.1 Å². The number of anilines is 12. The predicted molar refractivity (Wildman–Crippen MR) is 542 cm³/mol. The van der Waals surface area contributed by atoms with E-state index in [4.69, 9.17) is 49.8 Å². The van der Waals surface area contributed by atoms with Crippen molar-refractivity contribution < 1.29 is 2.85 Å². The lowest BCUT2D eigenvalue weighted by Crippen LogP contribution is -2.07. The van der Waals surface area contributed by atoms with Crippen LogP contribution in [0.5, 0.6) is 0 Å². The van der Waals surface area contributed by atoms with E-state index in [-0.39, 0.29) is 2.85 Å². The lowest BCUT2D eigenvalue weighted by atomic mass is 9.98. The van der Waals surface area contributed by atoms with E-state index in [0.29, 0.717) is 50.8 Å². The number of rotatable bonds is 24. The van der Waals surface area contributed by atoms with Crippen molar-refractivity contribution >= 4 is 105 Å². The molecule has 0 spiro atoms. The van der Waals surface area contributed by atoms with E-state index >= 15 is 0 Å². The molecule has 622 valence electrons.